The summed E-state index contributed by atoms with van der Waals surface area (Å²) in [5.41, 5.74) is 6.54. The van der Waals surface area contributed by atoms with Crippen LogP contribution in [0, 0.1) is 0 Å². The number of amides is 1. The highest BCUT2D eigenvalue weighted by molar-refractivity contribution is 5.98. The van der Waals surface area contributed by atoms with Gasteiger partial charge in [0.15, 0.2) is 0 Å². The number of imidazole rings is 1. The van der Waals surface area contributed by atoms with Crippen molar-refractivity contribution in [1.82, 2.24) is 19.9 Å². The molecule has 2 aromatic rings. The van der Waals surface area contributed by atoms with Gasteiger partial charge in [-0.2, -0.15) is 0 Å². The van der Waals surface area contributed by atoms with Gasteiger partial charge in [0.1, 0.15) is 0 Å². The Hall–Kier alpha value is -1.79. The molecule has 6 nitrogen and oxygen atoms in total. The molecule has 0 saturated heterocycles. The molecule has 0 radical (unpaired) electrons. The van der Waals surface area contributed by atoms with Crippen molar-refractivity contribution in [2.45, 2.75) is 19.5 Å². The lowest BCUT2D eigenvalue weighted by Crippen LogP contribution is -2.35. The predicted octanol–water partition coefficient (Wildman–Crippen LogP) is 1.52. The van der Waals surface area contributed by atoms with E-state index in [-0.39, 0.29) is 36.8 Å². The first kappa shape index (κ1) is 18.2. The van der Waals surface area contributed by atoms with Crippen LogP contribution >= 0.6 is 24.8 Å². The van der Waals surface area contributed by atoms with E-state index in [1.807, 2.05) is 17.7 Å². The maximum atomic E-state index is 11.9. The fraction of sp³-hybridized carbons (Fsp3) is 0.250. The summed E-state index contributed by atoms with van der Waals surface area (Å²) in [5.74, 6) is -0.215. The fourth-order valence-corrected chi connectivity index (χ4v) is 1.65. The van der Waals surface area contributed by atoms with Crippen LogP contribution in [0.15, 0.2) is 37.2 Å². The van der Waals surface area contributed by atoms with Gasteiger partial charge in [-0.3, -0.25) is 9.78 Å². The molecule has 0 bridgehead atoms. The maximum absolute atomic E-state index is 11.9. The van der Waals surface area contributed by atoms with Crippen molar-refractivity contribution in [3.63, 3.8) is 0 Å². The van der Waals surface area contributed by atoms with Crippen LogP contribution in [0.3, 0.4) is 0 Å². The Bertz CT molecular complexity index is 532. The summed E-state index contributed by atoms with van der Waals surface area (Å²) in [7, 11) is 0. The summed E-state index contributed by atoms with van der Waals surface area (Å²) < 4.78 is 1.90. The SMILES string of the molecule is CC(Cn1ccnc1)NC(=O)c1cnccc1N.Cl.Cl. The van der Waals surface area contributed by atoms with Gasteiger partial charge < -0.3 is 15.6 Å². The topological polar surface area (TPSA) is 85.8 Å². The standard InChI is InChI=1S/C12H15N5O.2ClH/c1-9(7-17-5-4-15-8-17)16-12(18)10-6-14-3-2-11(10)13;;/h2-6,8-9H,7H2,1H3,(H2,13,14)(H,16,18);2*1H. The lowest BCUT2D eigenvalue weighted by Gasteiger charge is -2.14. The molecule has 0 aliphatic heterocycles. The molecule has 0 aromatic carbocycles. The molecule has 0 aliphatic rings. The third-order valence-corrected chi connectivity index (χ3v) is 2.52. The maximum Gasteiger partial charge on any atom is 0.255 e. The van der Waals surface area contributed by atoms with E-state index in [0.29, 0.717) is 17.8 Å². The monoisotopic (exact) mass is 317 g/mol. The number of rotatable bonds is 4. The molecule has 2 aromatic heterocycles. The summed E-state index contributed by atoms with van der Waals surface area (Å²) in [6.07, 6.45) is 8.28. The van der Waals surface area contributed by atoms with E-state index >= 15 is 0 Å². The molecule has 3 N–H and O–H groups in total. The predicted molar refractivity (Wildman–Crippen MR) is 82.3 cm³/mol. The number of nitrogens with two attached hydrogens (primary N) is 1. The van der Waals surface area contributed by atoms with Gasteiger partial charge in [0, 0.05) is 43.1 Å². The van der Waals surface area contributed by atoms with Crippen LogP contribution in [-0.4, -0.2) is 26.5 Å². The lowest BCUT2D eigenvalue weighted by molar-refractivity contribution is 0.0937. The Morgan fingerprint density at radius 1 is 1.40 bits per heavy atom. The molecule has 8 heteroatoms. The number of pyridine rings is 1. The summed E-state index contributed by atoms with van der Waals surface area (Å²) >= 11 is 0. The van der Waals surface area contributed by atoms with E-state index in [1.165, 1.54) is 6.20 Å². The number of carbonyl (C=O) groups is 1. The van der Waals surface area contributed by atoms with Crippen LogP contribution in [0.4, 0.5) is 5.69 Å². The zero-order chi connectivity index (χ0) is 13.0. The van der Waals surface area contributed by atoms with Crippen LogP contribution in [0.2, 0.25) is 0 Å². The molecule has 0 aliphatic carbocycles. The van der Waals surface area contributed by atoms with Crippen LogP contribution in [0.25, 0.3) is 0 Å². The molecule has 0 saturated carbocycles. The minimum absolute atomic E-state index is 0. The van der Waals surface area contributed by atoms with E-state index in [4.69, 9.17) is 5.73 Å². The first-order chi connectivity index (χ1) is 8.66. The molecule has 2 heterocycles. The van der Waals surface area contributed by atoms with E-state index in [1.54, 1.807) is 24.8 Å². The van der Waals surface area contributed by atoms with Gasteiger partial charge in [-0.1, -0.05) is 0 Å². The molecule has 20 heavy (non-hydrogen) atoms. The molecular weight excluding hydrogens is 301 g/mol. The summed E-state index contributed by atoms with van der Waals surface area (Å²) in [6, 6.07) is 1.58. The Morgan fingerprint density at radius 3 is 2.75 bits per heavy atom. The average Bonchev–Trinajstić information content (AvgIpc) is 2.82. The highest BCUT2D eigenvalue weighted by Gasteiger charge is 2.12. The molecule has 2 rings (SSSR count). The number of nitrogens with one attached hydrogen (secondary N) is 1. The van der Waals surface area contributed by atoms with Crippen molar-refractivity contribution in [2.75, 3.05) is 5.73 Å². The van der Waals surface area contributed by atoms with E-state index < -0.39 is 0 Å². The van der Waals surface area contributed by atoms with Gasteiger partial charge in [-0.25, -0.2) is 4.98 Å². The smallest absolute Gasteiger partial charge is 0.255 e. The second-order valence-corrected chi connectivity index (χ2v) is 4.10. The third kappa shape index (κ3) is 4.71. The second-order valence-electron chi connectivity index (χ2n) is 4.10. The van der Waals surface area contributed by atoms with Crippen molar-refractivity contribution in [1.29, 1.82) is 0 Å². The van der Waals surface area contributed by atoms with Gasteiger partial charge in [0.05, 0.1) is 11.9 Å². The minimum Gasteiger partial charge on any atom is -0.398 e. The Labute approximate surface area is 129 Å². The van der Waals surface area contributed by atoms with E-state index in [0.717, 1.165) is 0 Å². The van der Waals surface area contributed by atoms with Gasteiger partial charge >= 0.3 is 0 Å². The van der Waals surface area contributed by atoms with E-state index in [9.17, 15) is 4.79 Å². The fourth-order valence-electron chi connectivity index (χ4n) is 1.65. The first-order valence-corrected chi connectivity index (χ1v) is 5.63. The highest BCUT2D eigenvalue weighted by Crippen LogP contribution is 2.08. The zero-order valence-electron chi connectivity index (χ0n) is 10.9. The van der Waals surface area contributed by atoms with Gasteiger partial charge in [-0.05, 0) is 13.0 Å². The van der Waals surface area contributed by atoms with E-state index in [2.05, 4.69) is 15.3 Å². The van der Waals surface area contributed by atoms with Crippen molar-refractivity contribution < 1.29 is 4.79 Å². The van der Waals surface area contributed by atoms with Gasteiger partial charge in [0.2, 0.25) is 0 Å². The van der Waals surface area contributed by atoms with Crippen LogP contribution in [-0.2, 0) is 6.54 Å². The number of aromatic nitrogens is 3. The van der Waals surface area contributed by atoms with Crippen molar-refractivity contribution in [3.8, 4) is 0 Å². The molecule has 1 atom stereocenters. The molecule has 0 fully saturated rings. The number of halogens is 2. The lowest BCUT2D eigenvalue weighted by atomic mass is 10.2. The normalized spacial score (nSPS) is 10.8. The number of hydrogen-bond acceptors (Lipinski definition) is 4. The van der Waals surface area contributed by atoms with Gasteiger partial charge in [-0.15, -0.1) is 24.8 Å². The first-order valence-electron chi connectivity index (χ1n) is 5.63. The van der Waals surface area contributed by atoms with Crippen LogP contribution < -0.4 is 11.1 Å². The quantitative estimate of drug-likeness (QED) is 0.895. The molecule has 1 amide bonds. The molecular formula is C12H17Cl2N5O. The number of nitrogen functional groups attached to an aromatic ring is 1. The number of nitrogens with zero attached hydrogens (tertiary/aromatic N) is 3. The van der Waals surface area contributed by atoms with Crippen molar-refractivity contribution in [2.24, 2.45) is 0 Å². The van der Waals surface area contributed by atoms with Crippen LogP contribution in [0.5, 0.6) is 0 Å². The molecule has 110 valence electrons. The highest BCUT2D eigenvalue weighted by atomic mass is 35.5. The Balaban J connectivity index is 0.00000180. The third-order valence-electron chi connectivity index (χ3n) is 2.52. The summed E-state index contributed by atoms with van der Waals surface area (Å²) in [5, 5.41) is 2.87. The van der Waals surface area contributed by atoms with Crippen molar-refractivity contribution in [3.05, 3.63) is 42.7 Å². The van der Waals surface area contributed by atoms with Gasteiger partial charge in [0.25, 0.3) is 5.91 Å². The minimum atomic E-state index is -0.215. The summed E-state index contributed by atoms with van der Waals surface area (Å²) in [6.45, 7) is 2.58. The average molecular weight is 318 g/mol. The number of anilines is 1. The molecule has 0 spiro atoms. The summed E-state index contributed by atoms with van der Waals surface area (Å²) in [4.78, 5) is 19.8. The largest absolute Gasteiger partial charge is 0.398 e. The Kier molecular flexibility index (Phi) is 7.64. The van der Waals surface area contributed by atoms with Crippen molar-refractivity contribution >= 4 is 36.4 Å². The zero-order valence-corrected chi connectivity index (χ0v) is 12.5. The Morgan fingerprint density at radius 2 is 2.15 bits per heavy atom. The number of hydrogen-bond donors (Lipinski definition) is 2. The number of carbonyl (C=O) groups excluding carboxylic acids is 1. The second kappa shape index (κ2) is 8.39. The van der Waals surface area contributed by atoms with Crippen LogP contribution in [0.1, 0.15) is 17.3 Å². The molecule has 1 unspecified atom stereocenters.